The van der Waals surface area contributed by atoms with Crippen LogP contribution < -0.4 is 5.32 Å². The van der Waals surface area contributed by atoms with Gasteiger partial charge in [0.25, 0.3) is 0 Å². The van der Waals surface area contributed by atoms with Gasteiger partial charge in [-0.3, -0.25) is 4.79 Å². The average molecular weight is 942 g/mol. The minimum absolute atomic E-state index is 0.262. The van der Waals surface area contributed by atoms with Gasteiger partial charge in [-0.1, -0.05) is 238 Å². The van der Waals surface area contributed by atoms with Gasteiger partial charge in [-0.2, -0.15) is 0 Å². The largest absolute Gasteiger partial charge is 0.394 e. The summed E-state index contributed by atoms with van der Waals surface area (Å²) in [6.45, 7) is 3.46. The van der Waals surface area contributed by atoms with E-state index in [1.165, 1.54) is 186 Å². The van der Waals surface area contributed by atoms with Crippen LogP contribution in [0.1, 0.15) is 264 Å². The first-order valence-electron chi connectivity index (χ1n) is 28.1. The first kappa shape index (κ1) is 62.9. The van der Waals surface area contributed by atoms with Gasteiger partial charge < -0.3 is 50.5 Å². The van der Waals surface area contributed by atoms with Crippen molar-refractivity contribution in [2.45, 2.75) is 319 Å². The Morgan fingerprint density at radius 2 is 0.879 bits per heavy atom. The zero-order chi connectivity index (χ0) is 48.3. The van der Waals surface area contributed by atoms with Crippen LogP contribution in [0.25, 0.3) is 0 Å². The molecule has 1 rings (SSSR count). The molecule has 1 saturated heterocycles. The van der Waals surface area contributed by atoms with Crippen molar-refractivity contribution in [3.8, 4) is 0 Å². The highest BCUT2D eigenvalue weighted by Crippen LogP contribution is 2.23. The smallest absolute Gasteiger partial charge is 0.249 e. The van der Waals surface area contributed by atoms with Crippen molar-refractivity contribution in [2.24, 2.45) is 0 Å². The van der Waals surface area contributed by atoms with E-state index in [0.717, 1.165) is 38.5 Å². The Hall–Kier alpha value is -1.15. The lowest BCUT2D eigenvalue weighted by molar-refractivity contribution is -0.303. The van der Waals surface area contributed by atoms with Crippen LogP contribution in [0, 0.1) is 0 Å². The van der Waals surface area contributed by atoms with E-state index in [2.05, 4.69) is 31.3 Å². The summed E-state index contributed by atoms with van der Waals surface area (Å²) in [6, 6.07) is -1.16. The molecule has 0 aliphatic carbocycles. The summed E-state index contributed by atoms with van der Waals surface area (Å²) in [5, 5.41) is 75.9. The predicted molar refractivity (Wildman–Crippen MR) is 270 cm³/mol. The molecular formula is C55H107NO10. The van der Waals surface area contributed by atoms with Gasteiger partial charge in [0.05, 0.1) is 25.4 Å². The molecule has 392 valence electrons. The number of rotatable bonds is 48. The molecule has 0 radical (unpaired) electrons. The number of carbonyl (C=O) groups is 1. The Labute approximate surface area is 404 Å². The molecule has 1 aliphatic rings. The summed E-state index contributed by atoms with van der Waals surface area (Å²) in [4.78, 5) is 13.1. The first-order chi connectivity index (χ1) is 32.2. The van der Waals surface area contributed by atoms with Gasteiger partial charge >= 0.3 is 0 Å². The normalized spacial score (nSPS) is 20.8. The van der Waals surface area contributed by atoms with Gasteiger partial charge in [-0.15, -0.1) is 0 Å². The second-order valence-corrected chi connectivity index (χ2v) is 20.0. The van der Waals surface area contributed by atoms with Gasteiger partial charge in [-0.05, 0) is 38.5 Å². The molecule has 11 heteroatoms. The summed E-state index contributed by atoms with van der Waals surface area (Å²) in [6.07, 6.45) is 39.9. The van der Waals surface area contributed by atoms with Crippen molar-refractivity contribution in [1.29, 1.82) is 0 Å². The fourth-order valence-corrected chi connectivity index (χ4v) is 9.20. The van der Waals surface area contributed by atoms with E-state index in [1.54, 1.807) is 0 Å². The van der Waals surface area contributed by atoms with Crippen LogP contribution in [0.5, 0.6) is 0 Å². The maximum atomic E-state index is 13.1. The zero-order valence-electron chi connectivity index (χ0n) is 42.7. The Morgan fingerprint density at radius 1 is 0.515 bits per heavy atom. The number of hydrogen-bond donors (Lipinski definition) is 8. The number of allylic oxidation sites excluding steroid dienone is 2. The molecule has 0 bridgehead atoms. The van der Waals surface area contributed by atoms with E-state index < -0.39 is 74.2 Å². The van der Waals surface area contributed by atoms with Crippen LogP contribution in [0.3, 0.4) is 0 Å². The van der Waals surface area contributed by atoms with Crippen molar-refractivity contribution in [2.75, 3.05) is 13.2 Å². The highest BCUT2D eigenvalue weighted by Gasteiger charge is 2.44. The van der Waals surface area contributed by atoms with E-state index in [0.29, 0.717) is 19.3 Å². The molecule has 11 nitrogen and oxygen atoms in total. The number of carbonyl (C=O) groups excluding carboxylic acids is 1. The summed E-state index contributed by atoms with van der Waals surface area (Å²) >= 11 is 0. The minimum Gasteiger partial charge on any atom is -0.394 e. The molecule has 0 saturated carbocycles. The number of nitrogens with one attached hydrogen (secondary N) is 1. The molecule has 1 amide bonds. The molecule has 0 aromatic rings. The van der Waals surface area contributed by atoms with E-state index in [9.17, 15) is 40.5 Å². The van der Waals surface area contributed by atoms with Gasteiger partial charge in [0.1, 0.15) is 36.6 Å². The molecule has 8 N–H and O–H groups in total. The molecule has 0 aromatic carbocycles. The maximum absolute atomic E-state index is 13.1. The van der Waals surface area contributed by atoms with Crippen LogP contribution in [0.2, 0.25) is 0 Å². The van der Waals surface area contributed by atoms with Crippen molar-refractivity contribution in [3.63, 3.8) is 0 Å². The van der Waals surface area contributed by atoms with Crippen molar-refractivity contribution >= 4 is 5.91 Å². The van der Waals surface area contributed by atoms with Crippen LogP contribution >= 0.6 is 0 Å². The number of amides is 1. The fraction of sp³-hybridized carbons (Fsp3) is 0.945. The molecule has 0 aromatic heterocycles. The molecule has 0 spiro atoms. The standard InChI is InChI=1S/C55H107NO10/c1-3-5-7-9-11-13-15-17-18-19-20-21-22-23-24-25-26-27-28-29-30-31-33-35-37-39-41-43-48(59)54(64)56-46(45-65-55-53(63)52(62)51(61)49(44-57)66-55)50(60)47(58)42-40-38-36-34-32-16-14-12-10-8-6-4-2/h23-24,46-53,55,57-63H,3-22,25-45H2,1-2H3,(H,56,64)/b24-23-. The lowest BCUT2D eigenvalue weighted by atomic mass is 9.98. The zero-order valence-corrected chi connectivity index (χ0v) is 42.7. The molecule has 66 heavy (non-hydrogen) atoms. The van der Waals surface area contributed by atoms with E-state index in [-0.39, 0.29) is 6.42 Å². The average Bonchev–Trinajstić information content (AvgIpc) is 3.32. The van der Waals surface area contributed by atoms with Crippen molar-refractivity contribution in [3.05, 3.63) is 12.2 Å². The summed E-state index contributed by atoms with van der Waals surface area (Å²) in [7, 11) is 0. The third kappa shape index (κ3) is 33.4. The number of ether oxygens (including phenoxy) is 2. The van der Waals surface area contributed by atoms with E-state index in [4.69, 9.17) is 9.47 Å². The number of aliphatic hydroxyl groups excluding tert-OH is 7. The van der Waals surface area contributed by atoms with Crippen LogP contribution in [0.15, 0.2) is 12.2 Å². The second kappa shape index (κ2) is 45.0. The Kier molecular flexibility index (Phi) is 42.9. The van der Waals surface area contributed by atoms with Crippen LogP contribution in [0.4, 0.5) is 0 Å². The molecule has 9 atom stereocenters. The van der Waals surface area contributed by atoms with Gasteiger partial charge in [-0.25, -0.2) is 0 Å². The van der Waals surface area contributed by atoms with Gasteiger partial charge in [0, 0.05) is 0 Å². The molecular weight excluding hydrogens is 835 g/mol. The quantitative estimate of drug-likeness (QED) is 0.0215. The van der Waals surface area contributed by atoms with Crippen LogP contribution in [-0.4, -0.2) is 110 Å². The monoisotopic (exact) mass is 942 g/mol. The lowest BCUT2D eigenvalue weighted by Gasteiger charge is -2.40. The second-order valence-electron chi connectivity index (χ2n) is 20.0. The predicted octanol–water partition coefficient (Wildman–Crippen LogP) is 11.2. The van der Waals surface area contributed by atoms with E-state index in [1.807, 2.05) is 0 Å². The van der Waals surface area contributed by atoms with Gasteiger partial charge in [0.15, 0.2) is 6.29 Å². The summed E-state index contributed by atoms with van der Waals surface area (Å²) in [5.41, 5.74) is 0. The first-order valence-corrected chi connectivity index (χ1v) is 28.1. The van der Waals surface area contributed by atoms with Gasteiger partial charge in [0.2, 0.25) is 5.91 Å². The Morgan fingerprint density at radius 3 is 1.27 bits per heavy atom. The Bertz CT molecular complexity index is 1080. The number of aliphatic hydroxyl groups is 7. The third-order valence-corrected chi connectivity index (χ3v) is 13.8. The molecule has 1 heterocycles. The molecule has 1 fully saturated rings. The maximum Gasteiger partial charge on any atom is 0.249 e. The number of unbranched alkanes of at least 4 members (excludes halogenated alkanes) is 34. The highest BCUT2D eigenvalue weighted by molar-refractivity contribution is 5.80. The minimum atomic E-state index is -1.66. The van der Waals surface area contributed by atoms with E-state index >= 15 is 0 Å². The van der Waals surface area contributed by atoms with Crippen molar-refractivity contribution in [1.82, 2.24) is 5.32 Å². The topological polar surface area (TPSA) is 189 Å². The highest BCUT2D eigenvalue weighted by atomic mass is 16.7. The SMILES string of the molecule is CCCCCCCCCCCCCC/C=C\CCCCCCCCCCCCCC(O)C(=O)NC(COC1OC(CO)C(O)C(O)C1O)C(O)C(O)CCCCCCCCCCCCCC. The molecule has 9 unspecified atom stereocenters. The Balaban J connectivity index is 2.25. The van der Waals surface area contributed by atoms with Crippen LogP contribution in [-0.2, 0) is 14.3 Å². The number of hydrogen-bond acceptors (Lipinski definition) is 10. The molecule has 1 aliphatic heterocycles. The lowest BCUT2D eigenvalue weighted by Crippen LogP contribution is -2.60. The third-order valence-electron chi connectivity index (χ3n) is 13.8. The summed E-state index contributed by atoms with van der Waals surface area (Å²) < 4.78 is 11.1. The fourth-order valence-electron chi connectivity index (χ4n) is 9.20. The van der Waals surface area contributed by atoms with Crippen molar-refractivity contribution < 1.29 is 50.0 Å². The summed E-state index contributed by atoms with van der Waals surface area (Å²) in [5.74, 6) is -0.695.